The summed E-state index contributed by atoms with van der Waals surface area (Å²) in [6, 6.07) is 7.70. The molecule has 0 aliphatic rings. The summed E-state index contributed by atoms with van der Waals surface area (Å²) in [5.74, 6) is 1.21. The summed E-state index contributed by atoms with van der Waals surface area (Å²) in [6.45, 7) is 0. The summed E-state index contributed by atoms with van der Waals surface area (Å²) < 4.78 is 5.22. The number of rotatable bonds is 2. The van der Waals surface area contributed by atoms with Crippen molar-refractivity contribution in [3.05, 3.63) is 30.5 Å². The van der Waals surface area contributed by atoms with Crippen LogP contribution in [-0.2, 0) is 0 Å². The maximum absolute atomic E-state index is 5.50. The Hall–Kier alpha value is -1.97. The zero-order valence-corrected chi connectivity index (χ0v) is 7.82. The van der Waals surface area contributed by atoms with E-state index in [1.54, 1.807) is 13.3 Å². The van der Waals surface area contributed by atoms with Crippen molar-refractivity contribution in [1.29, 1.82) is 0 Å². The predicted molar refractivity (Wildman–Crippen MR) is 55.0 cm³/mol. The number of aromatic amines is 1. The molecule has 0 amide bonds. The van der Waals surface area contributed by atoms with Gasteiger partial charge in [-0.3, -0.25) is 0 Å². The molecular formula is C10H11N3O. The van der Waals surface area contributed by atoms with E-state index in [1.165, 1.54) is 0 Å². The first kappa shape index (κ1) is 8.62. The number of nitrogens with two attached hydrogens (primary N) is 1. The van der Waals surface area contributed by atoms with Crippen LogP contribution in [0.2, 0.25) is 0 Å². The monoisotopic (exact) mass is 189 g/mol. The van der Waals surface area contributed by atoms with Crippen LogP contribution in [0.4, 0.5) is 5.95 Å². The average molecular weight is 189 g/mol. The van der Waals surface area contributed by atoms with E-state index in [9.17, 15) is 0 Å². The normalized spacial score (nSPS) is 10.1. The summed E-state index contributed by atoms with van der Waals surface area (Å²) in [7, 11) is 1.64. The smallest absolute Gasteiger partial charge is 0.197 e. The topological polar surface area (TPSA) is 63.9 Å². The minimum atomic E-state index is 0.408. The third-order valence-corrected chi connectivity index (χ3v) is 1.99. The van der Waals surface area contributed by atoms with Gasteiger partial charge in [0.2, 0.25) is 0 Å². The maximum atomic E-state index is 5.50. The summed E-state index contributed by atoms with van der Waals surface area (Å²) in [5, 5.41) is 0. The molecule has 0 saturated carbocycles. The minimum Gasteiger partial charge on any atom is -0.496 e. The van der Waals surface area contributed by atoms with Crippen LogP contribution >= 0.6 is 0 Å². The van der Waals surface area contributed by atoms with Crippen molar-refractivity contribution in [1.82, 2.24) is 9.97 Å². The third-order valence-electron chi connectivity index (χ3n) is 1.99. The second-order valence-corrected chi connectivity index (χ2v) is 2.88. The highest BCUT2D eigenvalue weighted by Gasteiger charge is 2.06. The molecule has 2 rings (SSSR count). The van der Waals surface area contributed by atoms with Crippen LogP contribution in [-0.4, -0.2) is 17.1 Å². The third kappa shape index (κ3) is 1.42. The Balaban J connectivity index is 2.50. The van der Waals surface area contributed by atoms with Gasteiger partial charge in [0.15, 0.2) is 5.95 Å². The lowest BCUT2D eigenvalue weighted by Crippen LogP contribution is -1.88. The molecule has 14 heavy (non-hydrogen) atoms. The number of imidazole rings is 1. The lowest BCUT2D eigenvalue weighted by molar-refractivity contribution is 0.416. The number of hydrogen-bond donors (Lipinski definition) is 2. The zero-order valence-electron chi connectivity index (χ0n) is 7.82. The number of nitrogens with one attached hydrogen (secondary N) is 1. The van der Waals surface area contributed by atoms with Crippen LogP contribution in [0, 0.1) is 0 Å². The van der Waals surface area contributed by atoms with Gasteiger partial charge in [-0.1, -0.05) is 12.1 Å². The van der Waals surface area contributed by atoms with Gasteiger partial charge in [-0.2, -0.15) is 0 Å². The van der Waals surface area contributed by atoms with Gasteiger partial charge in [-0.05, 0) is 12.1 Å². The summed E-state index contributed by atoms with van der Waals surface area (Å²) in [5.41, 5.74) is 7.32. The lowest BCUT2D eigenvalue weighted by atomic mass is 10.1. The SMILES string of the molecule is COc1ccccc1-c1cnc(N)[nH]1. The van der Waals surface area contributed by atoms with E-state index in [0.717, 1.165) is 17.0 Å². The molecule has 0 radical (unpaired) electrons. The van der Waals surface area contributed by atoms with Crippen molar-refractivity contribution in [2.75, 3.05) is 12.8 Å². The average Bonchev–Trinajstić information content (AvgIpc) is 2.65. The van der Waals surface area contributed by atoms with Gasteiger partial charge in [-0.25, -0.2) is 4.98 Å². The van der Waals surface area contributed by atoms with Crippen molar-refractivity contribution in [3.8, 4) is 17.0 Å². The molecule has 4 nitrogen and oxygen atoms in total. The Morgan fingerprint density at radius 3 is 2.79 bits per heavy atom. The number of nitrogens with zero attached hydrogens (tertiary/aromatic N) is 1. The van der Waals surface area contributed by atoms with Gasteiger partial charge in [-0.15, -0.1) is 0 Å². The van der Waals surface area contributed by atoms with Crippen LogP contribution in [0.3, 0.4) is 0 Å². The van der Waals surface area contributed by atoms with Gasteiger partial charge >= 0.3 is 0 Å². The molecule has 0 unspecified atom stereocenters. The Kier molecular flexibility index (Phi) is 2.10. The Labute approximate surface area is 81.7 Å². The highest BCUT2D eigenvalue weighted by molar-refractivity contribution is 5.67. The summed E-state index contributed by atoms with van der Waals surface area (Å²) >= 11 is 0. The quantitative estimate of drug-likeness (QED) is 0.755. The Morgan fingerprint density at radius 2 is 2.14 bits per heavy atom. The van der Waals surface area contributed by atoms with E-state index in [4.69, 9.17) is 10.5 Å². The number of H-pyrrole nitrogens is 1. The van der Waals surface area contributed by atoms with E-state index in [1.807, 2.05) is 24.3 Å². The Bertz CT molecular complexity index is 436. The maximum Gasteiger partial charge on any atom is 0.197 e. The van der Waals surface area contributed by atoms with E-state index in [2.05, 4.69) is 9.97 Å². The molecule has 0 spiro atoms. The number of nitrogen functional groups attached to an aromatic ring is 1. The van der Waals surface area contributed by atoms with Crippen molar-refractivity contribution < 1.29 is 4.74 Å². The fourth-order valence-corrected chi connectivity index (χ4v) is 1.34. The molecule has 0 aliphatic carbocycles. The van der Waals surface area contributed by atoms with Gasteiger partial charge in [0.05, 0.1) is 19.0 Å². The molecule has 0 bridgehead atoms. The molecule has 72 valence electrons. The number of aromatic nitrogens is 2. The summed E-state index contributed by atoms with van der Waals surface area (Å²) in [4.78, 5) is 6.89. The Morgan fingerprint density at radius 1 is 1.36 bits per heavy atom. The fourth-order valence-electron chi connectivity index (χ4n) is 1.34. The molecule has 1 aromatic carbocycles. The second kappa shape index (κ2) is 3.41. The summed E-state index contributed by atoms with van der Waals surface area (Å²) in [6.07, 6.45) is 1.69. The van der Waals surface area contributed by atoms with Crippen LogP contribution in [0.5, 0.6) is 5.75 Å². The van der Waals surface area contributed by atoms with E-state index in [0.29, 0.717) is 5.95 Å². The van der Waals surface area contributed by atoms with Gasteiger partial charge < -0.3 is 15.5 Å². The second-order valence-electron chi connectivity index (χ2n) is 2.88. The fraction of sp³-hybridized carbons (Fsp3) is 0.100. The highest BCUT2D eigenvalue weighted by Crippen LogP contribution is 2.27. The number of methoxy groups -OCH3 is 1. The number of hydrogen-bond acceptors (Lipinski definition) is 3. The largest absolute Gasteiger partial charge is 0.496 e. The van der Waals surface area contributed by atoms with E-state index < -0.39 is 0 Å². The van der Waals surface area contributed by atoms with Crippen LogP contribution in [0.15, 0.2) is 30.5 Å². The van der Waals surface area contributed by atoms with E-state index in [-0.39, 0.29) is 0 Å². The lowest BCUT2D eigenvalue weighted by Gasteiger charge is -2.04. The first-order valence-corrected chi connectivity index (χ1v) is 4.25. The number of para-hydroxylation sites is 1. The highest BCUT2D eigenvalue weighted by atomic mass is 16.5. The molecular weight excluding hydrogens is 178 g/mol. The van der Waals surface area contributed by atoms with Crippen molar-refractivity contribution in [2.45, 2.75) is 0 Å². The standard InChI is InChI=1S/C10H11N3O/c1-14-9-5-3-2-4-7(9)8-6-12-10(11)13-8/h2-6H,1H3,(H3,11,12,13). The molecule has 0 saturated heterocycles. The number of benzene rings is 1. The molecule has 0 atom stereocenters. The molecule has 1 aromatic heterocycles. The van der Waals surface area contributed by atoms with Gasteiger partial charge in [0.1, 0.15) is 5.75 Å². The molecule has 2 aromatic rings. The van der Waals surface area contributed by atoms with Crippen molar-refractivity contribution >= 4 is 5.95 Å². The van der Waals surface area contributed by atoms with Crippen LogP contribution < -0.4 is 10.5 Å². The molecule has 0 aliphatic heterocycles. The molecule has 3 N–H and O–H groups in total. The van der Waals surface area contributed by atoms with Gasteiger partial charge in [0, 0.05) is 5.56 Å². The van der Waals surface area contributed by atoms with E-state index >= 15 is 0 Å². The first-order valence-electron chi connectivity index (χ1n) is 4.25. The first-order chi connectivity index (χ1) is 6.81. The van der Waals surface area contributed by atoms with Crippen LogP contribution in [0.1, 0.15) is 0 Å². The van der Waals surface area contributed by atoms with Crippen molar-refractivity contribution in [3.63, 3.8) is 0 Å². The molecule has 4 heteroatoms. The van der Waals surface area contributed by atoms with Crippen molar-refractivity contribution in [2.24, 2.45) is 0 Å². The number of ether oxygens (including phenoxy) is 1. The number of anilines is 1. The minimum absolute atomic E-state index is 0.408. The molecule has 0 fully saturated rings. The van der Waals surface area contributed by atoms with Gasteiger partial charge in [0.25, 0.3) is 0 Å². The zero-order chi connectivity index (χ0) is 9.97. The van der Waals surface area contributed by atoms with Crippen LogP contribution in [0.25, 0.3) is 11.3 Å². The predicted octanol–water partition coefficient (Wildman–Crippen LogP) is 1.67. The molecule has 1 heterocycles.